The van der Waals surface area contributed by atoms with Gasteiger partial charge in [-0.1, -0.05) is 24.3 Å². The summed E-state index contributed by atoms with van der Waals surface area (Å²) in [6, 6.07) is 12.6. The largest absolute Gasteiger partial charge is 0.496 e. The van der Waals surface area contributed by atoms with Gasteiger partial charge < -0.3 is 15.4 Å². The van der Waals surface area contributed by atoms with Gasteiger partial charge in [-0.25, -0.2) is 4.39 Å². The molecule has 0 aliphatic rings. The predicted molar refractivity (Wildman–Crippen MR) is 84.1 cm³/mol. The summed E-state index contributed by atoms with van der Waals surface area (Å²) in [7, 11) is 1.49. The maximum atomic E-state index is 13.4. The minimum atomic E-state index is -0.581. The van der Waals surface area contributed by atoms with Crippen molar-refractivity contribution in [3.8, 4) is 5.75 Å². The molecule has 5 nitrogen and oxygen atoms in total. The topological polar surface area (TPSA) is 67.4 Å². The van der Waals surface area contributed by atoms with Gasteiger partial charge in [-0.3, -0.25) is 9.59 Å². The Labute approximate surface area is 133 Å². The van der Waals surface area contributed by atoms with Crippen molar-refractivity contribution >= 4 is 11.8 Å². The molecule has 0 saturated carbocycles. The molecule has 6 heteroatoms. The monoisotopic (exact) mass is 316 g/mol. The lowest BCUT2D eigenvalue weighted by Crippen LogP contribution is -2.35. The number of amides is 2. The Balaban J connectivity index is 1.82. The van der Waals surface area contributed by atoms with Crippen LogP contribution in [0.15, 0.2) is 48.5 Å². The molecule has 2 aromatic rings. The molecular formula is C17H17FN2O3. The molecule has 2 N–H and O–H groups in total. The van der Waals surface area contributed by atoms with Gasteiger partial charge in [0.15, 0.2) is 0 Å². The van der Waals surface area contributed by atoms with Crippen LogP contribution in [0.5, 0.6) is 5.75 Å². The molecule has 0 aromatic heterocycles. The van der Waals surface area contributed by atoms with Gasteiger partial charge in [0, 0.05) is 13.1 Å². The van der Waals surface area contributed by atoms with E-state index in [0.29, 0.717) is 11.3 Å². The van der Waals surface area contributed by atoms with E-state index in [1.54, 1.807) is 30.3 Å². The first-order valence-electron chi connectivity index (χ1n) is 7.07. The highest BCUT2D eigenvalue weighted by Gasteiger charge is 2.12. The van der Waals surface area contributed by atoms with Gasteiger partial charge in [-0.2, -0.15) is 0 Å². The second-order valence-corrected chi connectivity index (χ2v) is 4.69. The van der Waals surface area contributed by atoms with E-state index < -0.39 is 11.7 Å². The molecule has 0 bridgehead atoms. The second kappa shape index (κ2) is 7.93. The zero-order valence-corrected chi connectivity index (χ0v) is 12.6. The number of hydrogen-bond donors (Lipinski definition) is 2. The summed E-state index contributed by atoms with van der Waals surface area (Å²) in [4.78, 5) is 23.8. The Morgan fingerprint density at radius 2 is 1.43 bits per heavy atom. The van der Waals surface area contributed by atoms with Gasteiger partial charge >= 0.3 is 0 Å². The molecule has 2 rings (SSSR count). The van der Waals surface area contributed by atoms with Crippen LogP contribution in [0.25, 0.3) is 0 Å². The maximum Gasteiger partial charge on any atom is 0.255 e. The molecule has 0 aliphatic heterocycles. The fraction of sp³-hybridized carbons (Fsp3) is 0.176. The molecule has 2 amide bonds. The third kappa shape index (κ3) is 4.29. The standard InChI is InChI=1S/C17H17FN2O3/c1-23-15-9-5-3-7-13(15)17(22)20-11-10-19-16(21)12-6-2-4-8-14(12)18/h2-9H,10-11H2,1H3,(H,19,21)(H,20,22). The molecule has 120 valence electrons. The number of nitrogens with one attached hydrogen (secondary N) is 2. The molecule has 0 aliphatic carbocycles. The van der Waals surface area contributed by atoms with Crippen LogP contribution in [0.4, 0.5) is 4.39 Å². The van der Waals surface area contributed by atoms with Crippen molar-refractivity contribution in [2.75, 3.05) is 20.2 Å². The van der Waals surface area contributed by atoms with Crippen molar-refractivity contribution in [2.24, 2.45) is 0 Å². The fourth-order valence-electron chi connectivity index (χ4n) is 2.02. The molecule has 0 saturated heterocycles. The Morgan fingerprint density at radius 3 is 2.04 bits per heavy atom. The zero-order chi connectivity index (χ0) is 16.7. The fourth-order valence-corrected chi connectivity index (χ4v) is 2.02. The highest BCUT2D eigenvalue weighted by atomic mass is 19.1. The normalized spacial score (nSPS) is 10.0. The number of para-hydroxylation sites is 1. The number of hydrogen-bond acceptors (Lipinski definition) is 3. The van der Waals surface area contributed by atoms with E-state index in [9.17, 15) is 14.0 Å². The van der Waals surface area contributed by atoms with Crippen LogP contribution < -0.4 is 15.4 Å². The minimum absolute atomic E-state index is 0.0245. The summed E-state index contributed by atoms with van der Waals surface area (Å²) in [6.45, 7) is 0.408. The average molecular weight is 316 g/mol. The Morgan fingerprint density at radius 1 is 0.913 bits per heavy atom. The molecule has 0 spiro atoms. The smallest absolute Gasteiger partial charge is 0.255 e. The molecule has 2 aromatic carbocycles. The van der Waals surface area contributed by atoms with Crippen molar-refractivity contribution in [3.63, 3.8) is 0 Å². The number of methoxy groups -OCH3 is 1. The SMILES string of the molecule is COc1ccccc1C(=O)NCCNC(=O)c1ccccc1F. The first kappa shape index (κ1) is 16.5. The number of rotatable bonds is 6. The third-order valence-corrected chi connectivity index (χ3v) is 3.17. The van der Waals surface area contributed by atoms with Crippen molar-refractivity contribution < 1.29 is 18.7 Å². The van der Waals surface area contributed by atoms with Crippen LogP contribution in [-0.4, -0.2) is 32.0 Å². The van der Waals surface area contributed by atoms with Crippen LogP contribution >= 0.6 is 0 Å². The lowest BCUT2D eigenvalue weighted by molar-refractivity contribution is 0.0924. The van der Waals surface area contributed by atoms with E-state index >= 15 is 0 Å². The summed E-state index contributed by atoms with van der Waals surface area (Å²) < 4.78 is 18.5. The van der Waals surface area contributed by atoms with Crippen LogP contribution in [0.3, 0.4) is 0 Å². The Hall–Kier alpha value is -2.89. The van der Waals surface area contributed by atoms with Gasteiger partial charge in [0.05, 0.1) is 18.2 Å². The van der Waals surface area contributed by atoms with Crippen molar-refractivity contribution in [1.29, 1.82) is 0 Å². The highest BCUT2D eigenvalue weighted by molar-refractivity contribution is 5.97. The minimum Gasteiger partial charge on any atom is -0.496 e. The van der Waals surface area contributed by atoms with Gasteiger partial charge in [0.1, 0.15) is 11.6 Å². The molecule has 0 heterocycles. The van der Waals surface area contributed by atoms with Gasteiger partial charge in [-0.15, -0.1) is 0 Å². The number of carbonyl (C=O) groups is 2. The zero-order valence-electron chi connectivity index (χ0n) is 12.6. The Kier molecular flexibility index (Phi) is 5.68. The molecule has 23 heavy (non-hydrogen) atoms. The summed E-state index contributed by atoms with van der Waals surface area (Å²) in [5.41, 5.74) is 0.388. The van der Waals surface area contributed by atoms with Crippen molar-refractivity contribution in [1.82, 2.24) is 10.6 Å². The summed E-state index contributed by atoms with van der Waals surface area (Å²) in [6.07, 6.45) is 0. The molecular weight excluding hydrogens is 299 g/mol. The third-order valence-electron chi connectivity index (χ3n) is 3.17. The first-order valence-corrected chi connectivity index (χ1v) is 7.07. The van der Waals surface area contributed by atoms with E-state index in [2.05, 4.69) is 10.6 Å². The number of carbonyl (C=O) groups excluding carboxylic acids is 2. The van der Waals surface area contributed by atoms with Gasteiger partial charge in [0.2, 0.25) is 0 Å². The lowest BCUT2D eigenvalue weighted by Gasteiger charge is -2.10. The first-order chi connectivity index (χ1) is 11.1. The number of benzene rings is 2. The second-order valence-electron chi connectivity index (χ2n) is 4.69. The van der Waals surface area contributed by atoms with E-state index in [0.717, 1.165) is 0 Å². The van der Waals surface area contributed by atoms with Crippen LogP contribution in [0.1, 0.15) is 20.7 Å². The van der Waals surface area contributed by atoms with E-state index in [1.165, 1.54) is 25.3 Å². The Bertz CT molecular complexity index is 704. The number of ether oxygens (including phenoxy) is 1. The molecule has 0 fully saturated rings. The highest BCUT2D eigenvalue weighted by Crippen LogP contribution is 2.16. The number of halogens is 1. The lowest BCUT2D eigenvalue weighted by atomic mass is 10.2. The quantitative estimate of drug-likeness (QED) is 0.801. The van der Waals surface area contributed by atoms with E-state index in [1.807, 2.05) is 0 Å². The average Bonchev–Trinajstić information content (AvgIpc) is 2.58. The van der Waals surface area contributed by atoms with Crippen molar-refractivity contribution in [3.05, 3.63) is 65.5 Å². The van der Waals surface area contributed by atoms with E-state index in [-0.39, 0.29) is 24.6 Å². The summed E-state index contributed by atoms with van der Waals surface area (Å²) in [5, 5.41) is 5.22. The van der Waals surface area contributed by atoms with Crippen molar-refractivity contribution in [2.45, 2.75) is 0 Å². The predicted octanol–water partition coefficient (Wildman–Crippen LogP) is 1.99. The van der Waals surface area contributed by atoms with Crippen LogP contribution in [-0.2, 0) is 0 Å². The van der Waals surface area contributed by atoms with E-state index in [4.69, 9.17) is 4.74 Å². The van der Waals surface area contributed by atoms with Crippen LogP contribution in [0.2, 0.25) is 0 Å². The molecule has 0 unspecified atom stereocenters. The maximum absolute atomic E-state index is 13.4. The van der Waals surface area contributed by atoms with Gasteiger partial charge in [0.25, 0.3) is 11.8 Å². The molecule has 0 atom stereocenters. The van der Waals surface area contributed by atoms with Gasteiger partial charge in [-0.05, 0) is 24.3 Å². The molecule has 0 radical (unpaired) electrons. The summed E-state index contributed by atoms with van der Waals surface area (Å²) in [5.74, 6) is -0.930. The van der Waals surface area contributed by atoms with Crippen LogP contribution in [0, 0.1) is 5.82 Å². The summed E-state index contributed by atoms with van der Waals surface area (Å²) >= 11 is 0.